The molecule has 0 saturated carbocycles. The molecule has 2 aromatic rings. The van der Waals surface area contributed by atoms with Gasteiger partial charge in [0.05, 0.1) is 5.69 Å². The SMILES string of the molecule is CCCCc1ccc(Sc2cc(C)c(N=N)cc2C)cc1. The van der Waals surface area contributed by atoms with E-state index < -0.39 is 0 Å². The van der Waals surface area contributed by atoms with Crippen LogP contribution in [-0.4, -0.2) is 0 Å². The van der Waals surface area contributed by atoms with Crippen LogP contribution in [0.1, 0.15) is 36.5 Å². The molecule has 0 bridgehead atoms. The van der Waals surface area contributed by atoms with Gasteiger partial charge in [0.25, 0.3) is 0 Å². The van der Waals surface area contributed by atoms with Gasteiger partial charge < -0.3 is 0 Å². The van der Waals surface area contributed by atoms with Crippen LogP contribution < -0.4 is 0 Å². The molecule has 0 aromatic heterocycles. The summed E-state index contributed by atoms with van der Waals surface area (Å²) in [5.74, 6) is 0. The van der Waals surface area contributed by atoms with E-state index in [9.17, 15) is 0 Å². The van der Waals surface area contributed by atoms with E-state index in [0.717, 1.165) is 11.3 Å². The predicted molar refractivity (Wildman–Crippen MR) is 89.9 cm³/mol. The third-order valence-corrected chi connectivity index (χ3v) is 4.75. The molecule has 110 valence electrons. The number of rotatable bonds is 6. The molecule has 21 heavy (non-hydrogen) atoms. The molecule has 0 aliphatic heterocycles. The second kappa shape index (κ2) is 7.41. The van der Waals surface area contributed by atoms with Crippen LogP contribution in [0.2, 0.25) is 0 Å². The van der Waals surface area contributed by atoms with Crippen molar-refractivity contribution in [3.05, 3.63) is 53.1 Å². The van der Waals surface area contributed by atoms with Crippen molar-refractivity contribution in [1.82, 2.24) is 0 Å². The van der Waals surface area contributed by atoms with Crippen molar-refractivity contribution in [1.29, 1.82) is 5.53 Å². The molecule has 1 N–H and O–H groups in total. The summed E-state index contributed by atoms with van der Waals surface area (Å²) < 4.78 is 0. The average Bonchev–Trinajstić information content (AvgIpc) is 2.50. The van der Waals surface area contributed by atoms with Crippen molar-refractivity contribution in [3.63, 3.8) is 0 Å². The van der Waals surface area contributed by atoms with E-state index in [1.165, 1.54) is 40.2 Å². The first-order valence-electron chi connectivity index (χ1n) is 7.39. The number of hydrogen-bond donors (Lipinski definition) is 1. The summed E-state index contributed by atoms with van der Waals surface area (Å²) in [6.45, 7) is 6.30. The monoisotopic (exact) mass is 298 g/mol. The van der Waals surface area contributed by atoms with Crippen LogP contribution in [0.25, 0.3) is 0 Å². The highest BCUT2D eigenvalue weighted by atomic mass is 32.2. The van der Waals surface area contributed by atoms with Gasteiger partial charge in [0, 0.05) is 9.79 Å². The molecule has 0 aliphatic rings. The van der Waals surface area contributed by atoms with Crippen molar-refractivity contribution >= 4 is 17.4 Å². The van der Waals surface area contributed by atoms with E-state index in [4.69, 9.17) is 5.53 Å². The molecule has 3 heteroatoms. The standard InChI is InChI=1S/C18H22N2S/c1-4-5-6-15-7-9-16(10-8-15)21-18-12-13(2)17(20-19)11-14(18)3/h7-12,19H,4-6H2,1-3H3. The Morgan fingerprint density at radius 1 is 1.05 bits per heavy atom. The maximum absolute atomic E-state index is 7.17. The first kappa shape index (κ1) is 15.8. The summed E-state index contributed by atoms with van der Waals surface area (Å²) in [5.41, 5.74) is 11.6. The largest absolute Gasteiger partial charge is 0.204 e. The highest BCUT2D eigenvalue weighted by Gasteiger charge is 2.06. The zero-order chi connectivity index (χ0) is 15.2. The quantitative estimate of drug-likeness (QED) is 0.610. The Morgan fingerprint density at radius 3 is 2.38 bits per heavy atom. The fraction of sp³-hybridized carbons (Fsp3) is 0.333. The predicted octanol–water partition coefficient (Wildman–Crippen LogP) is 6.46. The minimum absolute atomic E-state index is 0.756. The number of hydrogen-bond acceptors (Lipinski definition) is 3. The highest BCUT2D eigenvalue weighted by molar-refractivity contribution is 7.99. The van der Waals surface area contributed by atoms with Gasteiger partial charge >= 0.3 is 0 Å². The lowest BCUT2D eigenvalue weighted by Crippen LogP contribution is -1.86. The van der Waals surface area contributed by atoms with Crippen LogP contribution in [0.5, 0.6) is 0 Å². The summed E-state index contributed by atoms with van der Waals surface area (Å²) in [4.78, 5) is 2.49. The van der Waals surface area contributed by atoms with Gasteiger partial charge in [-0.25, -0.2) is 5.53 Å². The third-order valence-electron chi connectivity index (χ3n) is 3.58. The van der Waals surface area contributed by atoms with E-state index >= 15 is 0 Å². The van der Waals surface area contributed by atoms with E-state index in [1.54, 1.807) is 11.8 Å². The number of aryl methyl sites for hydroxylation is 3. The Balaban J connectivity index is 2.14. The Kier molecular flexibility index (Phi) is 5.57. The highest BCUT2D eigenvalue weighted by Crippen LogP contribution is 2.34. The van der Waals surface area contributed by atoms with Gasteiger partial charge in [-0.3, -0.25) is 0 Å². The van der Waals surface area contributed by atoms with Gasteiger partial charge in [0.2, 0.25) is 0 Å². The molecule has 0 amide bonds. The Morgan fingerprint density at radius 2 is 1.76 bits per heavy atom. The summed E-state index contributed by atoms with van der Waals surface area (Å²) >= 11 is 1.78. The second-order valence-corrected chi connectivity index (χ2v) is 6.48. The molecular weight excluding hydrogens is 276 g/mol. The van der Waals surface area contributed by atoms with Gasteiger partial charge in [-0.1, -0.05) is 37.2 Å². The summed E-state index contributed by atoms with van der Waals surface area (Å²) in [5, 5.41) is 3.56. The molecule has 0 heterocycles. The normalized spacial score (nSPS) is 10.6. The van der Waals surface area contributed by atoms with Crippen LogP contribution in [-0.2, 0) is 6.42 Å². The van der Waals surface area contributed by atoms with Crippen LogP contribution in [0.15, 0.2) is 51.3 Å². The van der Waals surface area contributed by atoms with Gasteiger partial charge in [-0.2, -0.15) is 5.11 Å². The van der Waals surface area contributed by atoms with Crippen LogP contribution in [0, 0.1) is 19.4 Å². The second-order valence-electron chi connectivity index (χ2n) is 5.37. The van der Waals surface area contributed by atoms with E-state index in [1.807, 2.05) is 13.0 Å². The smallest absolute Gasteiger partial charge is 0.0882 e. The molecule has 0 fully saturated rings. The van der Waals surface area contributed by atoms with Crippen molar-refractivity contribution in [3.8, 4) is 0 Å². The number of unbranched alkanes of at least 4 members (excludes halogenated alkanes) is 1. The minimum atomic E-state index is 0.756. The van der Waals surface area contributed by atoms with E-state index in [-0.39, 0.29) is 0 Å². The Labute approximate surface area is 131 Å². The van der Waals surface area contributed by atoms with E-state index in [0.29, 0.717) is 0 Å². The zero-order valence-electron chi connectivity index (χ0n) is 12.9. The Hall–Kier alpha value is -1.61. The van der Waals surface area contributed by atoms with Gasteiger partial charge in [0.15, 0.2) is 0 Å². The number of nitrogens with one attached hydrogen (secondary N) is 1. The summed E-state index contributed by atoms with van der Waals surface area (Å²) in [6, 6.07) is 13.0. The Bertz CT molecular complexity index is 618. The first-order chi connectivity index (χ1) is 10.1. The molecular formula is C18H22N2S. The molecule has 0 aliphatic carbocycles. The lowest BCUT2D eigenvalue weighted by Gasteiger charge is -2.09. The molecule has 0 saturated heterocycles. The average molecular weight is 298 g/mol. The lowest BCUT2D eigenvalue weighted by atomic mass is 10.1. The van der Waals surface area contributed by atoms with E-state index in [2.05, 4.69) is 49.3 Å². The fourth-order valence-electron chi connectivity index (χ4n) is 2.24. The van der Waals surface area contributed by atoms with Crippen molar-refractivity contribution in [2.24, 2.45) is 5.11 Å². The lowest BCUT2D eigenvalue weighted by molar-refractivity contribution is 0.794. The number of nitrogens with zero attached hydrogens (tertiary/aromatic N) is 1. The van der Waals surface area contributed by atoms with Gasteiger partial charge in [0.1, 0.15) is 0 Å². The van der Waals surface area contributed by atoms with Crippen molar-refractivity contribution in [2.75, 3.05) is 0 Å². The number of benzene rings is 2. The van der Waals surface area contributed by atoms with Gasteiger partial charge in [-0.05, 0) is 67.6 Å². The molecule has 0 radical (unpaired) electrons. The molecule has 2 rings (SSSR count). The van der Waals surface area contributed by atoms with Crippen LogP contribution in [0.3, 0.4) is 0 Å². The maximum Gasteiger partial charge on any atom is 0.0882 e. The molecule has 0 unspecified atom stereocenters. The van der Waals surface area contributed by atoms with Gasteiger partial charge in [-0.15, -0.1) is 0 Å². The molecule has 0 spiro atoms. The molecule has 0 atom stereocenters. The summed E-state index contributed by atoms with van der Waals surface area (Å²) in [6.07, 6.45) is 3.66. The minimum Gasteiger partial charge on any atom is -0.204 e. The fourth-order valence-corrected chi connectivity index (χ4v) is 3.22. The first-order valence-corrected chi connectivity index (χ1v) is 8.21. The zero-order valence-corrected chi connectivity index (χ0v) is 13.8. The maximum atomic E-state index is 7.17. The molecule has 2 nitrogen and oxygen atoms in total. The molecule has 2 aromatic carbocycles. The topological polar surface area (TPSA) is 36.2 Å². The van der Waals surface area contributed by atoms with Crippen LogP contribution >= 0.6 is 11.8 Å². The van der Waals surface area contributed by atoms with Crippen molar-refractivity contribution < 1.29 is 0 Å². The van der Waals surface area contributed by atoms with Crippen LogP contribution in [0.4, 0.5) is 5.69 Å². The summed E-state index contributed by atoms with van der Waals surface area (Å²) in [7, 11) is 0. The third kappa shape index (κ3) is 4.18. The van der Waals surface area contributed by atoms with Crippen molar-refractivity contribution in [2.45, 2.75) is 49.8 Å².